The maximum absolute atomic E-state index is 12.4. The maximum atomic E-state index is 12.4. The van der Waals surface area contributed by atoms with Crippen LogP contribution in [0, 0.1) is 5.92 Å². The lowest BCUT2D eigenvalue weighted by Gasteiger charge is -2.32. The number of alkyl halides is 3. The first-order chi connectivity index (χ1) is 11.2. The van der Waals surface area contributed by atoms with Crippen LogP contribution in [0.1, 0.15) is 36.0 Å². The summed E-state index contributed by atoms with van der Waals surface area (Å²) in [5, 5.41) is 8.73. The van der Waals surface area contributed by atoms with Crippen LogP contribution in [0.4, 0.5) is 13.2 Å². The highest BCUT2D eigenvalue weighted by Crippen LogP contribution is 2.25. The number of likely N-dealkylation sites (tertiary alicyclic amines) is 1. The third kappa shape index (κ3) is 5.43. The number of carbonyl (C=O) groups excluding carboxylic acids is 1. The zero-order valence-electron chi connectivity index (χ0n) is 12.9. The molecule has 132 valence electrons. The zero-order valence-corrected chi connectivity index (χ0v) is 12.9. The average Bonchev–Trinajstić information content (AvgIpc) is 2.52. The molecule has 1 N–H and O–H groups in total. The van der Waals surface area contributed by atoms with Crippen molar-refractivity contribution in [3.63, 3.8) is 0 Å². The monoisotopic (exact) mass is 345 g/mol. The predicted molar refractivity (Wildman–Crippen MR) is 78.6 cm³/mol. The van der Waals surface area contributed by atoms with E-state index in [2.05, 4.69) is 4.74 Å². The molecule has 2 rings (SSSR count). The summed E-state index contributed by atoms with van der Waals surface area (Å²) in [6.07, 6.45) is -2.54. The van der Waals surface area contributed by atoms with Gasteiger partial charge in [0.25, 0.3) is 5.91 Å². The van der Waals surface area contributed by atoms with E-state index in [0.717, 1.165) is 25.0 Å². The van der Waals surface area contributed by atoms with Gasteiger partial charge < -0.3 is 14.7 Å². The summed E-state index contributed by atoms with van der Waals surface area (Å²) >= 11 is 0. The van der Waals surface area contributed by atoms with Gasteiger partial charge in [0.05, 0.1) is 0 Å². The van der Waals surface area contributed by atoms with E-state index in [1.54, 1.807) is 4.90 Å². The van der Waals surface area contributed by atoms with Gasteiger partial charge in [-0.3, -0.25) is 9.59 Å². The Hall–Kier alpha value is -2.25. The SMILES string of the molecule is O=C(O)CC[C@@H]1CCCN(C(=O)c2ccc(OC(F)(F)F)cc2)C1. The number of carboxylic acids is 1. The first-order valence-corrected chi connectivity index (χ1v) is 7.61. The quantitative estimate of drug-likeness (QED) is 0.889. The van der Waals surface area contributed by atoms with Gasteiger partial charge in [-0.25, -0.2) is 0 Å². The number of ether oxygens (including phenoxy) is 1. The number of rotatable bonds is 5. The van der Waals surface area contributed by atoms with Crippen LogP contribution in [0.5, 0.6) is 5.75 Å². The lowest BCUT2D eigenvalue weighted by Crippen LogP contribution is -2.40. The minimum Gasteiger partial charge on any atom is -0.481 e. The van der Waals surface area contributed by atoms with Crippen molar-refractivity contribution >= 4 is 11.9 Å². The fourth-order valence-electron chi connectivity index (χ4n) is 2.79. The molecule has 1 saturated heterocycles. The fraction of sp³-hybridized carbons (Fsp3) is 0.500. The second-order valence-corrected chi connectivity index (χ2v) is 5.76. The number of benzene rings is 1. The molecule has 0 radical (unpaired) electrons. The van der Waals surface area contributed by atoms with E-state index in [1.165, 1.54) is 12.1 Å². The standard InChI is InChI=1S/C16H18F3NO4/c17-16(18,19)24-13-6-4-12(5-7-13)15(23)20-9-1-2-11(10-20)3-8-14(21)22/h4-7,11H,1-3,8-10H2,(H,21,22)/t11-/m0/s1. The van der Waals surface area contributed by atoms with Gasteiger partial charge in [-0.1, -0.05) is 0 Å². The molecular formula is C16H18F3NO4. The van der Waals surface area contributed by atoms with Crippen LogP contribution in [0.25, 0.3) is 0 Å². The number of carbonyl (C=O) groups is 2. The van der Waals surface area contributed by atoms with Crippen molar-refractivity contribution in [2.24, 2.45) is 5.92 Å². The molecule has 1 atom stereocenters. The van der Waals surface area contributed by atoms with E-state index in [0.29, 0.717) is 19.5 Å². The van der Waals surface area contributed by atoms with Crippen molar-refractivity contribution in [1.82, 2.24) is 4.90 Å². The lowest BCUT2D eigenvalue weighted by molar-refractivity contribution is -0.274. The second-order valence-electron chi connectivity index (χ2n) is 5.76. The van der Waals surface area contributed by atoms with Gasteiger partial charge in [-0.15, -0.1) is 13.2 Å². The summed E-state index contributed by atoms with van der Waals surface area (Å²) < 4.78 is 40.1. The summed E-state index contributed by atoms with van der Waals surface area (Å²) in [4.78, 5) is 24.7. The molecule has 1 aromatic rings. The van der Waals surface area contributed by atoms with E-state index in [9.17, 15) is 22.8 Å². The van der Waals surface area contributed by atoms with Gasteiger partial charge in [-0.05, 0) is 49.4 Å². The summed E-state index contributed by atoms with van der Waals surface area (Å²) in [6, 6.07) is 4.80. The molecule has 1 fully saturated rings. The molecule has 0 bridgehead atoms. The minimum atomic E-state index is -4.77. The molecular weight excluding hydrogens is 327 g/mol. The van der Waals surface area contributed by atoms with E-state index in [-0.39, 0.29) is 29.6 Å². The highest BCUT2D eigenvalue weighted by Gasteiger charge is 2.31. The molecule has 0 spiro atoms. The number of nitrogens with zero attached hydrogens (tertiary/aromatic N) is 1. The van der Waals surface area contributed by atoms with Crippen molar-refractivity contribution in [2.45, 2.75) is 32.0 Å². The van der Waals surface area contributed by atoms with E-state index < -0.39 is 12.3 Å². The van der Waals surface area contributed by atoms with Crippen molar-refractivity contribution in [3.05, 3.63) is 29.8 Å². The van der Waals surface area contributed by atoms with Crippen molar-refractivity contribution in [1.29, 1.82) is 0 Å². The number of hydrogen-bond acceptors (Lipinski definition) is 3. The van der Waals surface area contributed by atoms with Crippen molar-refractivity contribution < 1.29 is 32.6 Å². The lowest BCUT2D eigenvalue weighted by atomic mass is 9.93. The summed E-state index contributed by atoms with van der Waals surface area (Å²) in [6.45, 7) is 1.02. The van der Waals surface area contributed by atoms with E-state index in [4.69, 9.17) is 5.11 Å². The Bertz CT molecular complexity index is 586. The van der Waals surface area contributed by atoms with Crippen LogP contribution in [-0.4, -0.2) is 41.3 Å². The van der Waals surface area contributed by atoms with Gasteiger partial charge in [0.1, 0.15) is 5.75 Å². The Morgan fingerprint density at radius 1 is 1.25 bits per heavy atom. The number of aliphatic carboxylic acids is 1. The Morgan fingerprint density at radius 3 is 2.50 bits per heavy atom. The highest BCUT2D eigenvalue weighted by atomic mass is 19.4. The molecule has 0 unspecified atom stereocenters. The molecule has 1 aliphatic heterocycles. The second kappa shape index (κ2) is 7.55. The first kappa shape index (κ1) is 18.1. The largest absolute Gasteiger partial charge is 0.573 e. The Kier molecular flexibility index (Phi) is 5.69. The number of halogens is 3. The van der Waals surface area contributed by atoms with Crippen LogP contribution in [0.15, 0.2) is 24.3 Å². The molecule has 1 aliphatic rings. The van der Waals surface area contributed by atoms with E-state index >= 15 is 0 Å². The number of amides is 1. The van der Waals surface area contributed by atoms with Crippen LogP contribution in [0.3, 0.4) is 0 Å². The summed E-state index contributed by atoms with van der Waals surface area (Å²) in [5.41, 5.74) is 0.281. The predicted octanol–water partition coefficient (Wildman–Crippen LogP) is 3.30. The minimum absolute atomic E-state index is 0.0657. The number of piperidine rings is 1. The molecule has 0 aromatic heterocycles. The van der Waals surface area contributed by atoms with Gasteiger partial charge in [0.15, 0.2) is 0 Å². The van der Waals surface area contributed by atoms with Gasteiger partial charge in [0, 0.05) is 25.1 Å². The van der Waals surface area contributed by atoms with E-state index in [1.807, 2.05) is 0 Å². The molecule has 0 aliphatic carbocycles. The summed E-state index contributed by atoms with van der Waals surface area (Å²) in [7, 11) is 0. The highest BCUT2D eigenvalue weighted by molar-refractivity contribution is 5.94. The molecule has 1 aromatic carbocycles. The van der Waals surface area contributed by atoms with Crippen molar-refractivity contribution in [2.75, 3.05) is 13.1 Å². The molecule has 24 heavy (non-hydrogen) atoms. The molecule has 1 heterocycles. The molecule has 0 saturated carbocycles. The third-order valence-electron chi connectivity index (χ3n) is 3.91. The first-order valence-electron chi connectivity index (χ1n) is 7.61. The van der Waals surface area contributed by atoms with Crippen LogP contribution in [-0.2, 0) is 4.79 Å². The topological polar surface area (TPSA) is 66.8 Å². The van der Waals surface area contributed by atoms with Gasteiger partial charge in [0.2, 0.25) is 0 Å². The summed E-state index contributed by atoms with van der Waals surface area (Å²) in [5.74, 6) is -1.38. The third-order valence-corrected chi connectivity index (χ3v) is 3.91. The smallest absolute Gasteiger partial charge is 0.481 e. The average molecular weight is 345 g/mol. The zero-order chi connectivity index (χ0) is 17.7. The fourth-order valence-corrected chi connectivity index (χ4v) is 2.79. The number of hydrogen-bond donors (Lipinski definition) is 1. The van der Waals surface area contributed by atoms with Gasteiger partial charge in [-0.2, -0.15) is 0 Å². The Morgan fingerprint density at radius 2 is 1.92 bits per heavy atom. The normalized spacial score (nSPS) is 18.3. The van der Waals surface area contributed by atoms with Crippen LogP contribution in [0.2, 0.25) is 0 Å². The Balaban J connectivity index is 1.96. The van der Waals surface area contributed by atoms with Crippen molar-refractivity contribution in [3.8, 4) is 5.75 Å². The molecule has 8 heteroatoms. The molecule has 5 nitrogen and oxygen atoms in total. The van der Waals surface area contributed by atoms with Crippen LogP contribution < -0.4 is 4.74 Å². The Labute approximate surface area is 137 Å². The maximum Gasteiger partial charge on any atom is 0.573 e. The van der Waals surface area contributed by atoms with Gasteiger partial charge >= 0.3 is 12.3 Å². The molecule has 1 amide bonds. The van der Waals surface area contributed by atoms with Crippen LogP contribution >= 0.6 is 0 Å². The number of carboxylic acid groups (broad SMARTS) is 1.